The van der Waals surface area contributed by atoms with Gasteiger partial charge in [0.25, 0.3) is 0 Å². The topological polar surface area (TPSA) is 48.4 Å². The predicted octanol–water partition coefficient (Wildman–Crippen LogP) is 4.06. The second-order valence-corrected chi connectivity index (χ2v) is 4.51. The van der Waals surface area contributed by atoms with Gasteiger partial charge in [0.05, 0.1) is 7.11 Å². The van der Waals surface area contributed by atoms with Crippen LogP contribution >= 0.6 is 0 Å². The Morgan fingerprint density at radius 1 is 1.38 bits per heavy atom. The molecule has 0 N–H and O–H groups in total. The lowest BCUT2D eigenvalue weighted by molar-refractivity contribution is -0.276. The zero-order valence-corrected chi connectivity index (χ0v) is 12.2. The highest BCUT2D eigenvalue weighted by Gasteiger charge is 2.35. The highest BCUT2D eigenvalue weighted by atomic mass is 19.4. The van der Waals surface area contributed by atoms with E-state index in [0.717, 1.165) is 20.0 Å². The van der Waals surface area contributed by atoms with E-state index in [1.54, 1.807) is 6.07 Å². The number of rotatable bonds is 6. The van der Waals surface area contributed by atoms with Crippen molar-refractivity contribution in [3.8, 4) is 5.88 Å². The van der Waals surface area contributed by atoms with Gasteiger partial charge in [-0.3, -0.25) is 0 Å². The molecule has 0 bridgehead atoms. The third-order valence-electron chi connectivity index (χ3n) is 3.12. The molecular weight excluding hydrogens is 287 g/mol. The van der Waals surface area contributed by atoms with Crippen LogP contribution < -0.4 is 4.74 Å². The first-order valence-electron chi connectivity index (χ1n) is 6.66. The third-order valence-corrected chi connectivity index (χ3v) is 3.12. The Kier molecular flexibility index (Phi) is 5.99. The van der Waals surface area contributed by atoms with Gasteiger partial charge in [-0.25, -0.2) is 9.78 Å². The van der Waals surface area contributed by atoms with Crippen LogP contribution in [0.4, 0.5) is 13.2 Å². The van der Waals surface area contributed by atoms with E-state index in [9.17, 15) is 18.0 Å². The first-order chi connectivity index (χ1) is 9.84. The van der Waals surface area contributed by atoms with Crippen LogP contribution in [0.2, 0.25) is 0 Å². The van der Waals surface area contributed by atoms with Crippen LogP contribution in [-0.4, -0.2) is 24.4 Å². The van der Waals surface area contributed by atoms with Crippen LogP contribution in [-0.2, 0) is 4.74 Å². The zero-order chi connectivity index (χ0) is 16.0. The summed E-state index contributed by atoms with van der Waals surface area (Å²) in [6.07, 6.45) is -1.43. The number of esters is 1. The number of pyridine rings is 1. The quantitative estimate of drug-likeness (QED) is 0.744. The summed E-state index contributed by atoms with van der Waals surface area (Å²) in [6.45, 7) is 3.88. The number of ether oxygens (including phenoxy) is 2. The molecule has 0 spiro atoms. The molecule has 0 aliphatic rings. The number of carbonyl (C=O) groups excluding carboxylic acids is 1. The number of hydrogen-bond donors (Lipinski definition) is 0. The highest BCUT2D eigenvalue weighted by Crippen LogP contribution is 2.34. The minimum absolute atomic E-state index is 0.0531. The predicted molar refractivity (Wildman–Crippen MR) is 70.2 cm³/mol. The van der Waals surface area contributed by atoms with Gasteiger partial charge < -0.3 is 9.47 Å². The van der Waals surface area contributed by atoms with Crippen molar-refractivity contribution >= 4 is 5.97 Å². The van der Waals surface area contributed by atoms with Gasteiger partial charge in [-0.2, -0.15) is 0 Å². The van der Waals surface area contributed by atoms with Crippen LogP contribution in [0, 0.1) is 0 Å². The van der Waals surface area contributed by atoms with Gasteiger partial charge in [0.15, 0.2) is 0 Å². The van der Waals surface area contributed by atoms with Crippen molar-refractivity contribution < 1.29 is 27.4 Å². The monoisotopic (exact) mass is 305 g/mol. The van der Waals surface area contributed by atoms with E-state index in [2.05, 4.69) is 14.5 Å². The summed E-state index contributed by atoms with van der Waals surface area (Å²) in [4.78, 5) is 15.4. The van der Waals surface area contributed by atoms with Crippen molar-refractivity contribution in [2.45, 2.75) is 45.4 Å². The van der Waals surface area contributed by atoms with E-state index in [-0.39, 0.29) is 11.5 Å². The Balaban J connectivity index is 3.36. The normalized spacial score (nSPS) is 12.9. The van der Waals surface area contributed by atoms with E-state index >= 15 is 0 Å². The van der Waals surface area contributed by atoms with Gasteiger partial charge in [-0.15, -0.1) is 13.2 Å². The van der Waals surface area contributed by atoms with Crippen molar-refractivity contribution in [3.63, 3.8) is 0 Å². The summed E-state index contributed by atoms with van der Waals surface area (Å²) in [5.41, 5.74) is 0.220. The van der Waals surface area contributed by atoms with Gasteiger partial charge in [-0.05, 0) is 30.4 Å². The summed E-state index contributed by atoms with van der Waals surface area (Å²) >= 11 is 0. The maximum absolute atomic E-state index is 12.4. The van der Waals surface area contributed by atoms with Gasteiger partial charge in [-0.1, -0.05) is 20.3 Å². The maximum atomic E-state index is 12.4. The largest absolute Gasteiger partial charge is 0.574 e. The minimum atomic E-state index is -4.92. The molecule has 1 unspecified atom stereocenters. The standard InChI is InChI=1S/C14H18F3NO3/c1-4-6-9(5-2)10-7-8-18-12(21-14(15,16)17)11(10)13(19)20-3/h7-9H,4-6H2,1-3H3. The van der Waals surface area contributed by atoms with Crippen LogP contribution in [0.3, 0.4) is 0 Å². The molecule has 0 fully saturated rings. The molecule has 4 nitrogen and oxygen atoms in total. The Morgan fingerprint density at radius 3 is 2.52 bits per heavy atom. The molecule has 0 radical (unpaired) electrons. The van der Waals surface area contributed by atoms with Crippen molar-refractivity contribution in [1.29, 1.82) is 0 Å². The van der Waals surface area contributed by atoms with Crippen LogP contribution in [0.5, 0.6) is 5.88 Å². The summed E-state index contributed by atoms with van der Waals surface area (Å²) in [5.74, 6) is -1.70. The molecule has 0 aromatic carbocycles. The van der Waals surface area contributed by atoms with Crippen molar-refractivity contribution in [3.05, 3.63) is 23.4 Å². The lowest BCUT2D eigenvalue weighted by atomic mass is 9.89. The molecule has 118 valence electrons. The van der Waals surface area contributed by atoms with Crippen molar-refractivity contribution in [1.82, 2.24) is 4.98 Å². The molecule has 7 heteroatoms. The summed E-state index contributed by atoms with van der Waals surface area (Å²) in [5, 5.41) is 0. The minimum Gasteiger partial charge on any atom is -0.465 e. The number of aromatic nitrogens is 1. The van der Waals surface area contributed by atoms with E-state index in [1.165, 1.54) is 6.20 Å². The van der Waals surface area contributed by atoms with Gasteiger partial charge in [0, 0.05) is 6.20 Å². The van der Waals surface area contributed by atoms with Crippen LogP contribution in [0.1, 0.15) is 54.9 Å². The molecule has 0 saturated heterocycles. The summed E-state index contributed by atoms with van der Waals surface area (Å²) in [7, 11) is 1.11. The molecule has 21 heavy (non-hydrogen) atoms. The second kappa shape index (κ2) is 7.28. The first-order valence-corrected chi connectivity index (χ1v) is 6.66. The summed E-state index contributed by atoms with van der Waals surface area (Å²) in [6, 6.07) is 1.54. The molecular formula is C14H18F3NO3. The fourth-order valence-electron chi connectivity index (χ4n) is 2.22. The van der Waals surface area contributed by atoms with Crippen LogP contribution in [0.25, 0.3) is 0 Å². The molecule has 1 atom stereocenters. The maximum Gasteiger partial charge on any atom is 0.574 e. The molecule has 1 rings (SSSR count). The summed E-state index contributed by atoms with van der Waals surface area (Å²) < 4.78 is 45.7. The van der Waals surface area contributed by atoms with Crippen molar-refractivity contribution in [2.24, 2.45) is 0 Å². The fourth-order valence-corrected chi connectivity index (χ4v) is 2.22. The number of halogens is 3. The smallest absolute Gasteiger partial charge is 0.465 e. The molecule has 0 aliphatic carbocycles. The third kappa shape index (κ3) is 4.61. The van der Waals surface area contributed by atoms with E-state index in [4.69, 9.17) is 0 Å². The van der Waals surface area contributed by atoms with E-state index < -0.39 is 18.2 Å². The van der Waals surface area contributed by atoms with Gasteiger partial charge in [0.1, 0.15) is 5.56 Å². The number of nitrogens with zero attached hydrogens (tertiary/aromatic N) is 1. The van der Waals surface area contributed by atoms with Crippen molar-refractivity contribution in [2.75, 3.05) is 7.11 Å². The Bertz CT molecular complexity index is 489. The number of carbonyl (C=O) groups is 1. The number of hydrogen-bond acceptors (Lipinski definition) is 4. The first kappa shape index (κ1) is 17.3. The molecule has 0 amide bonds. The number of methoxy groups -OCH3 is 1. The molecule has 1 aromatic rings. The average Bonchev–Trinajstić information content (AvgIpc) is 2.42. The second-order valence-electron chi connectivity index (χ2n) is 4.51. The molecule has 1 heterocycles. The van der Waals surface area contributed by atoms with Gasteiger partial charge in [0.2, 0.25) is 5.88 Å². The Hall–Kier alpha value is -1.79. The lowest BCUT2D eigenvalue weighted by Crippen LogP contribution is -2.21. The highest BCUT2D eigenvalue weighted by molar-refractivity contribution is 5.93. The van der Waals surface area contributed by atoms with Crippen LogP contribution in [0.15, 0.2) is 12.3 Å². The van der Waals surface area contributed by atoms with E-state index in [0.29, 0.717) is 12.0 Å². The van der Waals surface area contributed by atoms with E-state index in [1.807, 2.05) is 13.8 Å². The Morgan fingerprint density at radius 2 is 2.05 bits per heavy atom. The number of alkyl halides is 3. The molecule has 0 saturated carbocycles. The molecule has 1 aromatic heterocycles. The average molecular weight is 305 g/mol. The lowest BCUT2D eigenvalue weighted by Gasteiger charge is -2.19. The fraction of sp³-hybridized carbons (Fsp3) is 0.571. The molecule has 0 aliphatic heterocycles. The SMILES string of the molecule is CCCC(CC)c1ccnc(OC(F)(F)F)c1C(=O)OC. The Labute approximate surface area is 121 Å². The zero-order valence-electron chi connectivity index (χ0n) is 12.2. The van der Waals surface area contributed by atoms with Gasteiger partial charge >= 0.3 is 12.3 Å².